The van der Waals surface area contributed by atoms with E-state index in [1.807, 2.05) is 72.8 Å². The number of benzene rings is 3. The van der Waals surface area contributed by atoms with E-state index in [9.17, 15) is 4.79 Å². The smallest absolute Gasteiger partial charge is 0.234 e. The number of fused-ring (bicyclic) bond motifs is 1. The van der Waals surface area contributed by atoms with Gasteiger partial charge in [0, 0.05) is 17.0 Å². The summed E-state index contributed by atoms with van der Waals surface area (Å²) in [6.45, 7) is 1.82. The largest absolute Gasteiger partial charge is 0.490 e. The van der Waals surface area contributed by atoms with Crippen molar-refractivity contribution in [3.8, 4) is 17.2 Å². The Bertz CT molecular complexity index is 976. The van der Waals surface area contributed by atoms with Crippen molar-refractivity contribution < 1.29 is 19.0 Å². The van der Waals surface area contributed by atoms with Crippen molar-refractivity contribution in [1.82, 2.24) is 0 Å². The highest BCUT2D eigenvalue weighted by molar-refractivity contribution is 8.00. The maximum Gasteiger partial charge on any atom is 0.234 e. The van der Waals surface area contributed by atoms with Gasteiger partial charge in [-0.25, -0.2) is 0 Å². The van der Waals surface area contributed by atoms with E-state index < -0.39 is 0 Å². The number of ether oxygens (including phenoxy) is 3. The van der Waals surface area contributed by atoms with Crippen molar-refractivity contribution in [1.29, 1.82) is 0 Å². The van der Waals surface area contributed by atoms with Gasteiger partial charge in [0.25, 0.3) is 0 Å². The third-order valence-electron chi connectivity index (χ3n) is 4.48. The van der Waals surface area contributed by atoms with E-state index in [4.69, 9.17) is 14.2 Å². The van der Waals surface area contributed by atoms with Gasteiger partial charge in [0.05, 0.1) is 19.0 Å². The molecule has 5 nitrogen and oxygen atoms in total. The fourth-order valence-electron chi connectivity index (χ4n) is 2.95. The number of carbonyl (C=O) groups is 1. The van der Waals surface area contributed by atoms with Crippen molar-refractivity contribution in [3.63, 3.8) is 0 Å². The van der Waals surface area contributed by atoms with Gasteiger partial charge in [-0.2, -0.15) is 0 Å². The Morgan fingerprint density at radius 2 is 1.70 bits per heavy atom. The minimum atomic E-state index is -0.0648. The third-order valence-corrected chi connectivity index (χ3v) is 5.47. The second kappa shape index (κ2) is 10.1. The van der Waals surface area contributed by atoms with Crippen molar-refractivity contribution in [2.45, 2.75) is 17.9 Å². The Kier molecular flexibility index (Phi) is 6.77. The third kappa shape index (κ3) is 5.70. The molecule has 0 bridgehead atoms. The van der Waals surface area contributed by atoms with Crippen molar-refractivity contribution >= 4 is 23.4 Å². The summed E-state index contributed by atoms with van der Waals surface area (Å²) in [7, 11) is 0. The average Bonchev–Trinajstić information content (AvgIpc) is 3.03. The molecule has 1 amide bonds. The van der Waals surface area contributed by atoms with E-state index >= 15 is 0 Å². The Morgan fingerprint density at radius 3 is 2.50 bits per heavy atom. The highest BCUT2D eigenvalue weighted by Gasteiger charge is 2.12. The zero-order valence-corrected chi connectivity index (χ0v) is 17.3. The molecular formula is C24H23NO4S. The summed E-state index contributed by atoms with van der Waals surface area (Å²) in [4.78, 5) is 13.3. The maximum absolute atomic E-state index is 12.3. The van der Waals surface area contributed by atoms with Crippen LogP contribution in [0.15, 0.2) is 77.7 Å². The molecule has 154 valence electrons. The topological polar surface area (TPSA) is 56.8 Å². The van der Waals surface area contributed by atoms with Crippen LogP contribution in [0.3, 0.4) is 0 Å². The van der Waals surface area contributed by atoms with Crippen LogP contribution in [0.4, 0.5) is 5.69 Å². The highest BCUT2D eigenvalue weighted by Crippen LogP contribution is 2.33. The first-order valence-corrected chi connectivity index (χ1v) is 10.8. The minimum absolute atomic E-state index is 0.0648. The lowest BCUT2D eigenvalue weighted by Crippen LogP contribution is -2.13. The van der Waals surface area contributed by atoms with Crippen LogP contribution in [0.5, 0.6) is 17.2 Å². The van der Waals surface area contributed by atoms with Gasteiger partial charge in [-0.3, -0.25) is 4.79 Å². The second-order valence-electron chi connectivity index (χ2n) is 6.79. The molecule has 0 aliphatic carbocycles. The lowest BCUT2D eigenvalue weighted by atomic mass is 10.2. The summed E-state index contributed by atoms with van der Waals surface area (Å²) in [5, 5.41) is 2.91. The van der Waals surface area contributed by atoms with E-state index in [0.717, 1.165) is 39.8 Å². The molecule has 1 aliphatic heterocycles. The van der Waals surface area contributed by atoms with Crippen LogP contribution in [0.25, 0.3) is 0 Å². The zero-order valence-electron chi connectivity index (χ0n) is 16.5. The Hall–Kier alpha value is -3.12. The Morgan fingerprint density at radius 1 is 0.933 bits per heavy atom. The average molecular weight is 422 g/mol. The van der Waals surface area contributed by atoms with Gasteiger partial charge in [0.2, 0.25) is 5.91 Å². The maximum atomic E-state index is 12.3. The van der Waals surface area contributed by atoms with Crippen LogP contribution in [0, 0.1) is 0 Å². The predicted octanol–water partition coefficient (Wildman–Crippen LogP) is 5.16. The molecule has 6 heteroatoms. The minimum Gasteiger partial charge on any atom is -0.490 e. The van der Waals surface area contributed by atoms with Gasteiger partial charge >= 0.3 is 0 Å². The summed E-state index contributed by atoms with van der Waals surface area (Å²) in [6, 6.07) is 23.2. The van der Waals surface area contributed by atoms with Gasteiger partial charge in [-0.15, -0.1) is 11.8 Å². The van der Waals surface area contributed by atoms with E-state index in [1.165, 1.54) is 11.8 Å². The van der Waals surface area contributed by atoms with Crippen LogP contribution in [-0.4, -0.2) is 24.9 Å². The normalized spacial score (nSPS) is 12.7. The summed E-state index contributed by atoms with van der Waals surface area (Å²) >= 11 is 1.46. The molecule has 3 aromatic rings. The van der Waals surface area contributed by atoms with Crippen LogP contribution in [0.2, 0.25) is 0 Å². The van der Waals surface area contributed by atoms with E-state index in [0.29, 0.717) is 25.6 Å². The number of anilines is 1. The molecule has 0 saturated heterocycles. The molecule has 1 heterocycles. The molecular weight excluding hydrogens is 398 g/mol. The first-order valence-electron chi connectivity index (χ1n) is 9.85. The standard InChI is InChI=1S/C24H23NO4S/c26-24(17-30-21-11-12-22-23(15-21)28-14-4-13-27-22)25-19-7-9-20(10-8-19)29-16-18-5-2-1-3-6-18/h1-3,5-12,15H,4,13-14,16-17H2,(H,25,26). The number of rotatable bonds is 7. The Balaban J connectivity index is 1.25. The Labute approximate surface area is 180 Å². The van der Waals surface area contributed by atoms with E-state index in [-0.39, 0.29) is 5.91 Å². The fourth-order valence-corrected chi connectivity index (χ4v) is 3.68. The van der Waals surface area contributed by atoms with Gasteiger partial charge < -0.3 is 19.5 Å². The molecule has 1 N–H and O–H groups in total. The summed E-state index contributed by atoms with van der Waals surface area (Å²) < 4.78 is 17.1. The predicted molar refractivity (Wildman–Crippen MR) is 119 cm³/mol. The summed E-state index contributed by atoms with van der Waals surface area (Å²) in [5.41, 5.74) is 1.85. The monoisotopic (exact) mass is 421 g/mol. The molecule has 3 aromatic carbocycles. The second-order valence-corrected chi connectivity index (χ2v) is 7.84. The van der Waals surface area contributed by atoms with Crippen LogP contribution >= 0.6 is 11.8 Å². The molecule has 0 saturated carbocycles. The van der Waals surface area contributed by atoms with Crippen molar-refractivity contribution in [3.05, 3.63) is 78.4 Å². The number of carbonyl (C=O) groups excluding carboxylic acids is 1. The van der Waals surface area contributed by atoms with E-state index in [1.54, 1.807) is 0 Å². The molecule has 0 unspecified atom stereocenters. The first kappa shape index (κ1) is 20.2. The number of nitrogens with one attached hydrogen (secondary N) is 1. The lowest BCUT2D eigenvalue weighted by Gasteiger charge is -2.10. The molecule has 0 aromatic heterocycles. The van der Waals surface area contributed by atoms with Crippen LogP contribution in [-0.2, 0) is 11.4 Å². The van der Waals surface area contributed by atoms with Gasteiger partial charge in [0.1, 0.15) is 12.4 Å². The van der Waals surface area contributed by atoms with Crippen LogP contribution in [0.1, 0.15) is 12.0 Å². The molecule has 0 atom stereocenters. The molecule has 4 rings (SSSR count). The number of hydrogen-bond acceptors (Lipinski definition) is 5. The zero-order chi connectivity index (χ0) is 20.6. The lowest BCUT2D eigenvalue weighted by molar-refractivity contribution is -0.113. The first-order chi connectivity index (χ1) is 14.8. The molecule has 0 radical (unpaired) electrons. The number of thioether (sulfide) groups is 1. The van der Waals surface area contributed by atoms with E-state index in [2.05, 4.69) is 5.32 Å². The molecule has 0 fully saturated rings. The number of amides is 1. The van der Waals surface area contributed by atoms with Gasteiger partial charge in [-0.05, 0) is 48.0 Å². The number of hydrogen-bond donors (Lipinski definition) is 1. The molecule has 30 heavy (non-hydrogen) atoms. The van der Waals surface area contributed by atoms with Gasteiger partial charge in [0.15, 0.2) is 11.5 Å². The van der Waals surface area contributed by atoms with Crippen LogP contribution < -0.4 is 19.5 Å². The van der Waals surface area contributed by atoms with Crippen molar-refractivity contribution in [2.75, 3.05) is 24.3 Å². The van der Waals surface area contributed by atoms with Crippen molar-refractivity contribution in [2.24, 2.45) is 0 Å². The molecule has 1 aliphatic rings. The summed E-state index contributed by atoms with van der Waals surface area (Å²) in [5.74, 6) is 2.51. The van der Waals surface area contributed by atoms with Gasteiger partial charge in [-0.1, -0.05) is 30.3 Å². The fraction of sp³-hybridized carbons (Fsp3) is 0.208. The SMILES string of the molecule is O=C(CSc1ccc2c(c1)OCCCO2)Nc1ccc(OCc2ccccc2)cc1. The highest BCUT2D eigenvalue weighted by atomic mass is 32.2. The molecule has 0 spiro atoms. The quantitative estimate of drug-likeness (QED) is 0.534. The summed E-state index contributed by atoms with van der Waals surface area (Å²) in [6.07, 6.45) is 0.871.